The van der Waals surface area contributed by atoms with E-state index in [1.54, 1.807) is 18.9 Å². The molecule has 5 heteroatoms. The average molecular weight is 345 g/mol. The molecule has 0 aromatic heterocycles. The lowest BCUT2D eigenvalue weighted by Gasteiger charge is -2.14. The smallest absolute Gasteiger partial charge is 0.237 e. The molecule has 0 bridgehead atoms. The molecule has 0 aliphatic heterocycles. The number of nitrogens with one attached hydrogen (secondary N) is 1. The SMILES string of the molecule is COc1ccccc1NC(=O)C(C)SCCOc1ccc(C)cc1. The fourth-order valence-electron chi connectivity index (χ4n) is 2.08. The van der Waals surface area contributed by atoms with Gasteiger partial charge in [-0.2, -0.15) is 0 Å². The summed E-state index contributed by atoms with van der Waals surface area (Å²) in [6.45, 7) is 4.50. The van der Waals surface area contributed by atoms with Gasteiger partial charge in [0.25, 0.3) is 0 Å². The van der Waals surface area contributed by atoms with Crippen LogP contribution in [0.5, 0.6) is 11.5 Å². The molecular weight excluding hydrogens is 322 g/mol. The third-order valence-corrected chi connectivity index (χ3v) is 4.59. The fourth-order valence-corrected chi connectivity index (χ4v) is 2.82. The van der Waals surface area contributed by atoms with Crippen LogP contribution in [0.2, 0.25) is 0 Å². The van der Waals surface area contributed by atoms with Crippen LogP contribution in [-0.2, 0) is 4.79 Å². The quantitative estimate of drug-likeness (QED) is 0.731. The number of rotatable bonds is 8. The van der Waals surface area contributed by atoms with Gasteiger partial charge in [-0.3, -0.25) is 4.79 Å². The van der Waals surface area contributed by atoms with Crippen LogP contribution < -0.4 is 14.8 Å². The first-order chi connectivity index (χ1) is 11.6. The molecular formula is C19H23NO3S. The summed E-state index contributed by atoms with van der Waals surface area (Å²) in [5.74, 6) is 2.21. The molecule has 4 nitrogen and oxygen atoms in total. The first kappa shape index (κ1) is 18.2. The van der Waals surface area contributed by atoms with Gasteiger partial charge in [0.15, 0.2) is 0 Å². The number of carbonyl (C=O) groups excluding carboxylic acids is 1. The van der Waals surface area contributed by atoms with Crippen LogP contribution in [-0.4, -0.2) is 30.6 Å². The Morgan fingerprint density at radius 1 is 1.17 bits per heavy atom. The van der Waals surface area contributed by atoms with E-state index < -0.39 is 0 Å². The van der Waals surface area contributed by atoms with Gasteiger partial charge in [0.05, 0.1) is 24.7 Å². The number of ether oxygens (including phenoxy) is 2. The van der Waals surface area contributed by atoms with Gasteiger partial charge < -0.3 is 14.8 Å². The van der Waals surface area contributed by atoms with Crippen molar-refractivity contribution in [1.82, 2.24) is 0 Å². The largest absolute Gasteiger partial charge is 0.495 e. The topological polar surface area (TPSA) is 47.6 Å². The molecule has 1 unspecified atom stereocenters. The molecule has 0 saturated heterocycles. The highest BCUT2D eigenvalue weighted by atomic mass is 32.2. The number of hydrogen-bond acceptors (Lipinski definition) is 4. The van der Waals surface area contributed by atoms with Crippen molar-refractivity contribution in [1.29, 1.82) is 0 Å². The number of para-hydroxylation sites is 2. The molecule has 0 aliphatic carbocycles. The summed E-state index contributed by atoms with van der Waals surface area (Å²) in [4.78, 5) is 12.3. The number of anilines is 1. The first-order valence-electron chi connectivity index (χ1n) is 7.85. The van der Waals surface area contributed by atoms with Crippen LogP contribution >= 0.6 is 11.8 Å². The van der Waals surface area contributed by atoms with Gasteiger partial charge in [0, 0.05) is 5.75 Å². The Balaban J connectivity index is 1.74. The van der Waals surface area contributed by atoms with Gasteiger partial charge in [-0.05, 0) is 38.1 Å². The van der Waals surface area contributed by atoms with E-state index in [2.05, 4.69) is 5.32 Å². The lowest BCUT2D eigenvalue weighted by molar-refractivity contribution is -0.115. The van der Waals surface area contributed by atoms with Crippen molar-refractivity contribution in [3.05, 3.63) is 54.1 Å². The summed E-state index contributed by atoms with van der Waals surface area (Å²) >= 11 is 1.56. The van der Waals surface area contributed by atoms with Crippen LogP contribution in [0.25, 0.3) is 0 Å². The van der Waals surface area contributed by atoms with Crippen molar-refractivity contribution in [3.8, 4) is 11.5 Å². The number of thioether (sulfide) groups is 1. The van der Waals surface area contributed by atoms with Crippen LogP contribution in [0.3, 0.4) is 0 Å². The molecule has 1 atom stereocenters. The van der Waals surface area contributed by atoms with E-state index in [0.717, 1.165) is 11.5 Å². The second-order valence-electron chi connectivity index (χ2n) is 5.36. The minimum atomic E-state index is -0.170. The predicted octanol–water partition coefficient (Wildman–Crippen LogP) is 4.14. The van der Waals surface area contributed by atoms with Crippen molar-refractivity contribution in [2.75, 3.05) is 24.8 Å². The minimum Gasteiger partial charge on any atom is -0.495 e. The molecule has 0 aliphatic rings. The van der Waals surface area contributed by atoms with E-state index in [1.165, 1.54) is 5.56 Å². The molecule has 24 heavy (non-hydrogen) atoms. The lowest BCUT2D eigenvalue weighted by Crippen LogP contribution is -2.23. The number of aryl methyl sites for hydroxylation is 1. The summed E-state index contributed by atoms with van der Waals surface area (Å²) < 4.78 is 10.9. The average Bonchev–Trinajstić information content (AvgIpc) is 2.60. The van der Waals surface area contributed by atoms with Crippen molar-refractivity contribution in [2.45, 2.75) is 19.1 Å². The zero-order valence-corrected chi connectivity index (χ0v) is 15.1. The Morgan fingerprint density at radius 2 is 1.88 bits per heavy atom. The van der Waals surface area contributed by atoms with Gasteiger partial charge in [-0.15, -0.1) is 11.8 Å². The molecule has 0 spiro atoms. The van der Waals surface area contributed by atoms with Crippen molar-refractivity contribution in [2.24, 2.45) is 0 Å². The normalized spacial score (nSPS) is 11.6. The zero-order valence-electron chi connectivity index (χ0n) is 14.2. The van der Waals surface area contributed by atoms with E-state index in [9.17, 15) is 4.79 Å². The van der Waals surface area contributed by atoms with Gasteiger partial charge in [0.1, 0.15) is 11.5 Å². The number of hydrogen-bond donors (Lipinski definition) is 1. The summed E-state index contributed by atoms with van der Waals surface area (Å²) in [6.07, 6.45) is 0. The lowest BCUT2D eigenvalue weighted by atomic mass is 10.2. The van der Waals surface area contributed by atoms with Crippen molar-refractivity contribution >= 4 is 23.4 Å². The summed E-state index contributed by atoms with van der Waals surface area (Å²) in [6, 6.07) is 15.3. The predicted molar refractivity (Wildman–Crippen MR) is 100 cm³/mol. The maximum absolute atomic E-state index is 12.3. The number of methoxy groups -OCH3 is 1. The van der Waals surface area contributed by atoms with E-state index in [0.29, 0.717) is 18.0 Å². The summed E-state index contributed by atoms with van der Waals surface area (Å²) in [5, 5.41) is 2.73. The Hall–Kier alpha value is -2.14. The van der Waals surface area contributed by atoms with Gasteiger partial charge in [-0.1, -0.05) is 29.8 Å². The highest BCUT2D eigenvalue weighted by Gasteiger charge is 2.15. The van der Waals surface area contributed by atoms with E-state index in [-0.39, 0.29) is 11.2 Å². The zero-order chi connectivity index (χ0) is 17.4. The van der Waals surface area contributed by atoms with Crippen molar-refractivity contribution in [3.63, 3.8) is 0 Å². The second kappa shape index (κ2) is 9.23. The van der Waals surface area contributed by atoms with Crippen LogP contribution in [0.15, 0.2) is 48.5 Å². The minimum absolute atomic E-state index is 0.0418. The summed E-state index contributed by atoms with van der Waals surface area (Å²) in [5.41, 5.74) is 1.90. The molecule has 0 fully saturated rings. The molecule has 2 aromatic carbocycles. The molecule has 0 heterocycles. The Labute approximate surface area is 147 Å². The second-order valence-corrected chi connectivity index (χ2v) is 6.81. The Morgan fingerprint density at radius 3 is 2.58 bits per heavy atom. The molecule has 0 saturated carbocycles. The fraction of sp³-hybridized carbons (Fsp3) is 0.316. The number of amides is 1. The molecule has 2 rings (SSSR count). The highest BCUT2D eigenvalue weighted by molar-refractivity contribution is 8.00. The molecule has 1 N–H and O–H groups in total. The standard InChI is InChI=1S/C19H23NO3S/c1-14-8-10-16(11-9-14)23-12-13-24-15(2)19(21)20-17-6-4-5-7-18(17)22-3/h4-11,15H,12-13H2,1-3H3,(H,20,21). The van der Waals surface area contributed by atoms with Crippen LogP contribution in [0.1, 0.15) is 12.5 Å². The number of carbonyl (C=O) groups is 1. The number of benzene rings is 2. The Kier molecular flexibility index (Phi) is 7.00. The maximum Gasteiger partial charge on any atom is 0.237 e. The molecule has 0 radical (unpaired) electrons. The van der Waals surface area contributed by atoms with Crippen LogP contribution in [0, 0.1) is 6.92 Å². The van der Waals surface area contributed by atoms with Crippen molar-refractivity contribution < 1.29 is 14.3 Å². The first-order valence-corrected chi connectivity index (χ1v) is 8.90. The summed E-state index contributed by atoms with van der Waals surface area (Å²) in [7, 11) is 1.59. The molecule has 128 valence electrons. The van der Waals surface area contributed by atoms with Gasteiger partial charge >= 0.3 is 0 Å². The third-order valence-electron chi connectivity index (χ3n) is 3.47. The Bertz CT molecular complexity index is 658. The van der Waals surface area contributed by atoms with E-state index in [1.807, 2.05) is 62.4 Å². The molecule has 1 amide bonds. The highest BCUT2D eigenvalue weighted by Crippen LogP contribution is 2.24. The van der Waals surface area contributed by atoms with E-state index >= 15 is 0 Å². The van der Waals surface area contributed by atoms with Crippen LogP contribution in [0.4, 0.5) is 5.69 Å². The van der Waals surface area contributed by atoms with E-state index in [4.69, 9.17) is 9.47 Å². The maximum atomic E-state index is 12.3. The van der Waals surface area contributed by atoms with Gasteiger partial charge in [0.2, 0.25) is 5.91 Å². The third kappa shape index (κ3) is 5.49. The monoisotopic (exact) mass is 345 g/mol. The van der Waals surface area contributed by atoms with Gasteiger partial charge in [-0.25, -0.2) is 0 Å². The molecule has 2 aromatic rings.